The van der Waals surface area contributed by atoms with Gasteiger partial charge in [0, 0.05) is 18.4 Å². The van der Waals surface area contributed by atoms with Gasteiger partial charge in [-0.1, -0.05) is 24.6 Å². The summed E-state index contributed by atoms with van der Waals surface area (Å²) in [7, 11) is 0. The molecule has 0 fully saturated rings. The lowest BCUT2D eigenvalue weighted by Gasteiger charge is -2.19. The first-order chi connectivity index (χ1) is 9.20. The normalized spacial score (nSPS) is 12.4. The van der Waals surface area contributed by atoms with E-state index in [-0.39, 0.29) is 16.9 Å². The lowest BCUT2D eigenvalue weighted by atomic mass is 9.99. The Morgan fingerprint density at radius 3 is 2.63 bits per heavy atom. The highest BCUT2D eigenvalue weighted by atomic mass is 35.5. The number of aromatic nitrogens is 1. The molecule has 0 aliphatic rings. The molecule has 2 nitrogen and oxygen atoms in total. The third kappa shape index (κ3) is 3.75. The van der Waals surface area contributed by atoms with Crippen molar-refractivity contribution >= 4 is 11.6 Å². The average Bonchev–Trinajstić information content (AvgIpc) is 2.43. The first-order valence-corrected chi connectivity index (χ1v) is 6.65. The molecule has 0 saturated carbocycles. The standard InChI is InChI=1S/C15H16ClFN2/c1-2-19-15(9-11-5-7-18-8-6-11)12-3-4-14(17)13(16)10-12/h3-8,10,15,19H,2,9H2,1H3. The van der Waals surface area contributed by atoms with Crippen molar-refractivity contribution in [3.63, 3.8) is 0 Å². The summed E-state index contributed by atoms with van der Waals surface area (Å²) in [4.78, 5) is 4.01. The molecule has 2 aromatic rings. The van der Waals surface area contributed by atoms with Crippen LogP contribution in [-0.4, -0.2) is 11.5 Å². The predicted octanol–water partition coefficient (Wildman–Crippen LogP) is 3.77. The van der Waals surface area contributed by atoms with Crippen LogP contribution in [0.3, 0.4) is 0 Å². The number of likely N-dealkylation sites (N-methyl/N-ethyl adjacent to an activating group) is 1. The quantitative estimate of drug-likeness (QED) is 0.901. The highest BCUT2D eigenvalue weighted by Gasteiger charge is 2.13. The van der Waals surface area contributed by atoms with E-state index in [9.17, 15) is 4.39 Å². The van der Waals surface area contributed by atoms with Crippen molar-refractivity contribution in [3.05, 3.63) is 64.7 Å². The van der Waals surface area contributed by atoms with Crippen LogP contribution in [0, 0.1) is 5.82 Å². The zero-order valence-electron chi connectivity index (χ0n) is 10.7. The molecule has 0 radical (unpaired) electrons. The van der Waals surface area contributed by atoms with Crippen molar-refractivity contribution in [1.29, 1.82) is 0 Å². The van der Waals surface area contributed by atoms with Crippen LogP contribution in [0.2, 0.25) is 5.02 Å². The third-order valence-corrected chi connectivity index (χ3v) is 3.28. The molecule has 1 heterocycles. The van der Waals surface area contributed by atoms with Crippen LogP contribution in [0.25, 0.3) is 0 Å². The number of pyridine rings is 1. The van der Waals surface area contributed by atoms with Gasteiger partial charge in [0.05, 0.1) is 5.02 Å². The van der Waals surface area contributed by atoms with E-state index in [2.05, 4.69) is 10.3 Å². The highest BCUT2D eigenvalue weighted by molar-refractivity contribution is 6.30. The summed E-state index contributed by atoms with van der Waals surface area (Å²) in [5.74, 6) is -0.385. The summed E-state index contributed by atoms with van der Waals surface area (Å²) in [6.45, 7) is 2.88. The first kappa shape index (κ1) is 14.0. The van der Waals surface area contributed by atoms with Crippen molar-refractivity contribution in [1.82, 2.24) is 10.3 Å². The highest BCUT2D eigenvalue weighted by Crippen LogP contribution is 2.23. The number of rotatable bonds is 5. The van der Waals surface area contributed by atoms with E-state index in [1.165, 1.54) is 11.6 Å². The van der Waals surface area contributed by atoms with Gasteiger partial charge in [-0.15, -0.1) is 0 Å². The number of hydrogen-bond acceptors (Lipinski definition) is 2. The molecular formula is C15H16ClFN2. The van der Waals surface area contributed by atoms with E-state index in [1.807, 2.05) is 19.1 Å². The Kier molecular flexibility index (Phi) is 4.88. The lowest BCUT2D eigenvalue weighted by molar-refractivity contribution is 0.547. The zero-order valence-corrected chi connectivity index (χ0v) is 11.5. The molecule has 0 saturated heterocycles. The van der Waals surface area contributed by atoms with E-state index < -0.39 is 0 Å². The number of hydrogen-bond donors (Lipinski definition) is 1. The minimum Gasteiger partial charge on any atom is -0.310 e. The van der Waals surface area contributed by atoms with Crippen LogP contribution in [0.15, 0.2) is 42.7 Å². The number of benzene rings is 1. The minimum absolute atomic E-state index is 0.116. The first-order valence-electron chi connectivity index (χ1n) is 6.28. The van der Waals surface area contributed by atoms with Gasteiger partial charge in [-0.25, -0.2) is 4.39 Å². The second kappa shape index (κ2) is 6.64. The average molecular weight is 279 g/mol. The molecule has 0 amide bonds. The summed E-state index contributed by atoms with van der Waals surface area (Å²) in [6, 6.07) is 8.95. The van der Waals surface area contributed by atoms with E-state index in [1.54, 1.807) is 24.5 Å². The second-order valence-electron chi connectivity index (χ2n) is 4.34. The Morgan fingerprint density at radius 2 is 2.00 bits per heavy atom. The van der Waals surface area contributed by atoms with Gasteiger partial charge in [0.25, 0.3) is 0 Å². The number of halogens is 2. The maximum atomic E-state index is 13.2. The summed E-state index contributed by atoms with van der Waals surface area (Å²) in [6.07, 6.45) is 4.37. The van der Waals surface area contributed by atoms with Gasteiger partial charge < -0.3 is 5.32 Å². The molecule has 1 unspecified atom stereocenters. The Labute approximate surface area is 117 Å². The fourth-order valence-corrected chi connectivity index (χ4v) is 2.23. The van der Waals surface area contributed by atoms with Crippen molar-refractivity contribution in [2.45, 2.75) is 19.4 Å². The molecule has 1 aromatic heterocycles. The fourth-order valence-electron chi connectivity index (χ4n) is 2.04. The molecule has 0 aliphatic heterocycles. The van der Waals surface area contributed by atoms with Gasteiger partial charge in [-0.2, -0.15) is 0 Å². The van der Waals surface area contributed by atoms with Gasteiger partial charge in [-0.3, -0.25) is 4.98 Å². The smallest absolute Gasteiger partial charge is 0.141 e. The summed E-state index contributed by atoms with van der Waals surface area (Å²) >= 11 is 5.85. The van der Waals surface area contributed by atoms with E-state index in [4.69, 9.17) is 11.6 Å². The molecule has 100 valence electrons. The second-order valence-corrected chi connectivity index (χ2v) is 4.75. The van der Waals surface area contributed by atoms with Gasteiger partial charge >= 0.3 is 0 Å². The van der Waals surface area contributed by atoms with Crippen molar-refractivity contribution < 1.29 is 4.39 Å². The molecule has 0 spiro atoms. The topological polar surface area (TPSA) is 24.9 Å². The zero-order chi connectivity index (χ0) is 13.7. The summed E-state index contributed by atoms with van der Waals surface area (Å²) in [5.41, 5.74) is 2.17. The molecule has 0 aliphatic carbocycles. The maximum Gasteiger partial charge on any atom is 0.141 e. The Hall–Kier alpha value is -1.45. The fraction of sp³-hybridized carbons (Fsp3) is 0.267. The van der Waals surface area contributed by atoms with Crippen LogP contribution in [0.1, 0.15) is 24.1 Å². The van der Waals surface area contributed by atoms with E-state index >= 15 is 0 Å². The molecule has 2 rings (SSSR count). The van der Waals surface area contributed by atoms with Crippen LogP contribution < -0.4 is 5.32 Å². The molecule has 1 atom stereocenters. The van der Waals surface area contributed by atoms with Crippen LogP contribution in [-0.2, 0) is 6.42 Å². The third-order valence-electron chi connectivity index (χ3n) is 2.99. The molecule has 0 bridgehead atoms. The summed E-state index contributed by atoms with van der Waals surface area (Å²) in [5, 5.41) is 3.55. The van der Waals surface area contributed by atoms with Crippen LogP contribution in [0.5, 0.6) is 0 Å². The van der Waals surface area contributed by atoms with Gasteiger partial charge in [-0.05, 0) is 48.4 Å². The SMILES string of the molecule is CCNC(Cc1ccncc1)c1ccc(F)c(Cl)c1. The van der Waals surface area contributed by atoms with Gasteiger partial charge in [0.2, 0.25) is 0 Å². The molecule has 4 heteroatoms. The number of nitrogens with one attached hydrogen (secondary N) is 1. The Bertz CT molecular complexity index is 531. The Balaban J connectivity index is 2.21. The predicted molar refractivity (Wildman–Crippen MR) is 75.8 cm³/mol. The monoisotopic (exact) mass is 278 g/mol. The molecular weight excluding hydrogens is 263 g/mol. The van der Waals surface area contributed by atoms with Crippen LogP contribution in [0.4, 0.5) is 4.39 Å². The lowest BCUT2D eigenvalue weighted by Crippen LogP contribution is -2.23. The van der Waals surface area contributed by atoms with E-state index in [0.717, 1.165) is 18.5 Å². The maximum absolute atomic E-state index is 13.2. The summed E-state index contributed by atoms with van der Waals surface area (Å²) < 4.78 is 13.2. The molecule has 19 heavy (non-hydrogen) atoms. The minimum atomic E-state index is -0.385. The van der Waals surface area contributed by atoms with Crippen molar-refractivity contribution in [3.8, 4) is 0 Å². The van der Waals surface area contributed by atoms with Crippen molar-refractivity contribution in [2.24, 2.45) is 0 Å². The van der Waals surface area contributed by atoms with Crippen molar-refractivity contribution in [2.75, 3.05) is 6.54 Å². The molecule has 1 N–H and O–H groups in total. The van der Waals surface area contributed by atoms with Gasteiger partial charge in [0.15, 0.2) is 0 Å². The molecule has 1 aromatic carbocycles. The number of nitrogens with zero attached hydrogens (tertiary/aromatic N) is 1. The van der Waals surface area contributed by atoms with Crippen LogP contribution >= 0.6 is 11.6 Å². The van der Waals surface area contributed by atoms with E-state index in [0.29, 0.717) is 0 Å². The Morgan fingerprint density at radius 1 is 1.26 bits per heavy atom. The van der Waals surface area contributed by atoms with Gasteiger partial charge in [0.1, 0.15) is 5.82 Å². The largest absolute Gasteiger partial charge is 0.310 e.